The number of amides is 1. The molecule has 2 aliphatic rings. The van der Waals surface area contributed by atoms with Gasteiger partial charge in [-0.25, -0.2) is 18.0 Å². The van der Waals surface area contributed by atoms with Gasteiger partial charge in [0, 0.05) is 19.3 Å². The average Bonchev–Trinajstić information content (AvgIpc) is 2.91. The van der Waals surface area contributed by atoms with Crippen molar-refractivity contribution in [3.63, 3.8) is 0 Å². The number of methoxy groups -OCH3 is 1. The van der Waals surface area contributed by atoms with Crippen LogP contribution in [0, 0.1) is 17.5 Å². The van der Waals surface area contributed by atoms with Crippen LogP contribution in [-0.4, -0.2) is 48.8 Å². The summed E-state index contributed by atoms with van der Waals surface area (Å²) in [6.07, 6.45) is 1.18. The van der Waals surface area contributed by atoms with Crippen molar-refractivity contribution < 1.29 is 37.0 Å². The highest BCUT2D eigenvalue weighted by Crippen LogP contribution is 2.39. The molecule has 0 bridgehead atoms. The van der Waals surface area contributed by atoms with Gasteiger partial charge in [-0.2, -0.15) is 0 Å². The number of aromatic nitrogens is 1. The molecule has 39 heavy (non-hydrogen) atoms. The summed E-state index contributed by atoms with van der Waals surface area (Å²) in [4.78, 5) is 39.2. The zero-order valence-electron chi connectivity index (χ0n) is 21.0. The van der Waals surface area contributed by atoms with Crippen molar-refractivity contribution in [3.05, 3.63) is 98.7 Å². The number of fused-ring (bicyclic) bond motifs is 4. The van der Waals surface area contributed by atoms with Crippen molar-refractivity contribution in [2.45, 2.75) is 31.5 Å². The molecule has 0 saturated heterocycles. The fourth-order valence-electron chi connectivity index (χ4n) is 5.15. The van der Waals surface area contributed by atoms with Crippen LogP contribution >= 0.6 is 0 Å². The molecule has 0 fully saturated rings. The number of aryl methyl sites for hydroxylation is 1. The topological polar surface area (TPSA) is 90.3 Å². The maximum absolute atomic E-state index is 14.7. The lowest BCUT2D eigenvalue weighted by Crippen LogP contribution is -2.61. The number of carbonyl (C=O) groups is 2. The number of rotatable bonds is 4. The van der Waals surface area contributed by atoms with Crippen LogP contribution in [0.3, 0.4) is 0 Å². The van der Waals surface area contributed by atoms with Crippen LogP contribution < -0.4 is 15.2 Å². The van der Waals surface area contributed by atoms with Gasteiger partial charge in [-0.1, -0.05) is 12.1 Å². The van der Waals surface area contributed by atoms with Gasteiger partial charge in [0.1, 0.15) is 12.0 Å². The van der Waals surface area contributed by atoms with E-state index in [0.29, 0.717) is 36.0 Å². The number of benzene rings is 2. The van der Waals surface area contributed by atoms with Crippen molar-refractivity contribution in [3.8, 4) is 5.75 Å². The van der Waals surface area contributed by atoms with Gasteiger partial charge in [-0.05, 0) is 60.2 Å². The Morgan fingerprint density at radius 2 is 1.77 bits per heavy atom. The highest BCUT2D eigenvalue weighted by Gasteiger charge is 2.43. The summed E-state index contributed by atoms with van der Waals surface area (Å²) in [6.45, 7) is -0.700. The van der Waals surface area contributed by atoms with Crippen molar-refractivity contribution >= 4 is 12.1 Å². The van der Waals surface area contributed by atoms with Gasteiger partial charge in [-0.15, -0.1) is 0 Å². The maximum atomic E-state index is 14.7. The van der Waals surface area contributed by atoms with Crippen molar-refractivity contribution in [1.29, 1.82) is 0 Å². The van der Waals surface area contributed by atoms with E-state index in [-0.39, 0.29) is 11.4 Å². The van der Waals surface area contributed by atoms with Gasteiger partial charge < -0.3 is 19.1 Å². The Labute approximate surface area is 220 Å². The smallest absolute Gasteiger partial charge is 0.451 e. The Balaban J connectivity index is 1.73. The molecular formula is C27H24F3N3O6. The van der Waals surface area contributed by atoms with E-state index in [0.717, 1.165) is 19.2 Å². The van der Waals surface area contributed by atoms with Gasteiger partial charge in [0.2, 0.25) is 18.0 Å². The first-order valence-electron chi connectivity index (χ1n) is 12.1. The summed E-state index contributed by atoms with van der Waals surface area (Å²) in [5.41, 5.74) is 0.723. The third kappa shape index (κ3) is 4.66. The Bertz CT molecular complexity index is 1490. The molecule has 204 valence electrons. The second-order valence-corrected chi connectivity index (χ2v) is 9.15. The number of nitrogens with zero attached hydrogens (tertiary/aromatic N) is 3. The molecule has 3 heterocycles. The number of hydrogen-bond acceptors (Lipinski definition) is 7. The molecule has 1 aromatic heterocycles. The SMILES string of the molecule is COC(=O)OCOc1c2n(ccc1=O)N1[C@@H](c3ccc(F)cc3)c3cc(F)c(F)cc3CCC[C@@H]1N(C)C2=O. The summed E-state index contributed by atoms with van der Waals surface area (Å²) in [5.74, 6) is -3.43. The molecule has 0 spiro atoms. The molecular weight excluding hydrogens is 519 g/mol. The average molecular weight is 543 g/mol. The molecule has 2 aromatic carbocycles. The van der Waals surface area contributed by atoms with Gasteiger partial charge in [0.15, 0.2) is 17.3 Å². The molecule has 1 amide bonds. The molecule has 0 unspecified atom stereocenters. The first-order valence-corrected chi connectivity index (χ1v) is 12.1. The van der Waals surface area contributed by atoms with Crippen LogP contribution in [0.25, 0.3) is 0 Å². The fourth-order valence-corrected chi connectivity index (χ4v) is 5.15. The van der Waals surface area contributed by atoms with Gasteiger partial charge in [0.05, 0.1) is 13.2 Å². The summed E-state index contributed by atoms with van der Waals surface area (Å²) in [5, 5.41) is 1.76. The standard InChI is InChI=1S/C27H24F3N3O6/c1-31-22-5-3-4-16-12-19(29)20(30)13-18(16)23(15-6-8-17(28)9-7-15)33(22)32-11-10-21(34)25(24(32)26(31)35)38-14-39-27(36)37-2/h6-13,22-23H,3-5,14H2,1-2H3/t22-,23+/m1/s1. The molecule has 12 heteroatoms. The molecule has 0 radical (unpaired) electrons. The number of pyridine rings is 1. The van der Waals surface area contributed by atoms with Crippen molar-refractivity contribution in [2.75, 3.05) is 26.0 Å². The normalized spacial score (nSPS) is 18.3. The van der Waals surface area contributed by atoms with E-state index >= 15 is 0 Å². The van der Waals surface area contributed by atoms with E-state index < -0.39 is 53.9 Å². The van der Waals surface area contributed by atoms with Crippen LogP contribution in [0.5, 0.6) is 5.75 Å². The van der Waals surface area contributed by atoms with E-state index in [1.807, 2.05) is 0 Å². The number of carbonyl (C=O) groups excluding carboxylic acids is 2. The van der Waals surface area contributed by atoms with E-state index in [1.165, 1.54) is 46.1 Å². The molecule has 2 aliphatic heterocycles. The van der Waals surface area contributed by atoms with Gasteiger partial charge >= 0.3 is 6.16 Å². The number of hydrogen-bond donors (Lipinski definition) is 0. The minimum absolute atomic E-state index is 0.161. The summed E-state index contributed by atoms with van der Waals surface area (Å²) < 4.78 is 58.9. The van der Waals surface area contributed by atoms with Crippen LogP contribution in [-0.2, 0) is 15.9 Å². The molecule has 0 N–H and O–H groups in total. The largest absolute Gasteiger partial charge is 0.510 e. The fraction of sp³-hybridized carbons (Fsp3) is 0.296. The summed E-state index contributed by atoms with van der Waals surface area (Å²) in [6, 6.07) is 8.20. The van der Waals surface area contributed by atoms with Crippen LogP contribution in [0.1, 0.15) is 46.1 Å². The molecule has 2 atom stereocenters. The van der Waals surface area contributed by atoms with E-state index in [4.69, 9.17) is 9.47 Å². The summed E-state index contributed by atoms with van der Waals surface area (Å²) in [7, 11) is 2.66. The minimum Gasteiger partial charge on any atom is -0.451 e. The number of ether oxygens (including phenoxy) is 3. The first kappa shape index (κ1) is 26.1. The zero-order chi connectivity index (χ0) is 27.8. The molecule has 5 rings (SSSR count). The minimum atomic E-state index is -1.05. The quantitative estimate of drug-likeness (QED) is 0.365. The van der Waals surface area contributed by atoms with Crippen molar-refractivity contribution in [1.82, 2.24) is 9.58 Å². The number of halogens is 3. The molecule has 0 aliphatic carbocycles. The van der Waals surface area contributed by atoms with Crippen LogP contribution in [0.2, 0.25) is 0 Å². The van der Waals surface area contributed by atoms with Gasteiger partial charge in [0.25, 0.3) is 5.91 Å². The first-order chi connectivity index (χ1) is 18.7. The Morgan fingerprint density at radius 1 is 1.05 bits per heavy atom. The Hall–Kier alpha value is -4.48. The molecule has 3 aromatic rings. The Morgan fingerprint density at radius 3 is 2.49 bits per heavy atom. The molecule has 9 nitrogen and oxygen atoms in total. The van der Waals surface area contributed by atoms with E-state index in [2.05, 4.69) is 4.74 Å². The van der Waals surface area contributed by atoms with Crippen LogP contribution in [0.15, 0.2) is 53.5 Å². The second-order valence-electron chi connectivity index (χ2n) is 9.15. The lowest BCUT2D eigenvalue weighted by molar-refractivity contribution is 0.0131. The summed E-state index contributed by atoms with van der Waals surface area (Å²) >= 11 is 0. The lowest BCUT2D eigenvalue weighted by Gasteiger charge is -2.50. The highest BCUT2D eigenvalue weighted by atomic mass is 19.2. The highest BCUT2D eigenvalue weighted by molar-refractivity contribution is 5.96. The third-order valence-electron chi connectivity index (χ3n) is 6.94. The van der Waals surface area contributed by atoms with Gasteiger partial charge in [-0.3, -0.25) is 19.3 Å². The van der Waals surface area contributed by atoms with E-state index in [1.54, 1.807) is 12.1 Å². The third-order valence-corrected chi connectivity index (χ3v) is 6.94. The predicted octanol–water partition coefficient (Wildman–Crippen LogP) is 3.86. The van der Waals surface area contributed by atoms with Crippen molar-refractivity contribution in [2.24, 2.45) is 0 Å². The lowest BCUT2D eigenvalue weighted by atomic mass is 9.88. The monoisotopic (exact) mass is 543 g/mol. The predicted molar refractivity (Wildman–Crippen MR) is 131 cm³/mol. The zero-order valence-corrected chi connectivity index (χ0v) is 21.0. The molecule has 0 saturated carbocycles. The second kappa shape index (κ2) is 10.4. The Kier molecular flexibility index (Phi) is 6.94. The van der Waals surface area contributed by atoms with Crippen LogP contribution in [0.4, 0.5) is 18.0 Å². The maximum Gasteiger partial charge on any atom is 0.510 e. The van der Waals surface area contributed by atoms with E-state index in [9.17, 15) is 27.6 Å².